The summed E-state index contributed by atoms with van der Waals surface area (Å²) >= 11 is 1.56. The molecule has 1 heterocycles. The first-order chi connectivity index (χ1) is 8.65. The van der Waals surface area contributed by atoms with Crippen molar-refractivity contribution in [1.29, 1.82) is 0 Å². The summed E-state index contributed by atoms with van der Waals surface area (Å²) in [5, 5.41) is 11.3. The van der Waals surface area contributed by atoms with E-state index < -0.39 is 6.09 Å². The minimum absolute atomic E-state index is 0.569. The predicted octanol–water partition coefficient (Wildman–Crippen LogP) is 4.49. The minimum Gasteiger partial charge on any atom is -0.465 e. The fourth-order valence-electron chi connectivity index (χ4n) is 2.02. The molecule has 0 spiro atoms. The third-order valence-electron chi connectivity index (χ3n) is 3.03. The molecule has 0 fully saturated rings. The van der Waals surface area contributed by atoms with Gasteiger partial charge in [0.2, 0.25) is 0 Å². The van der Waals surface area contributed by atoms with Crippen molar-refractivity contribution in [3.05, 3.63) is 29.8 Å². The monoisotopic (exact) mass is 263 g/mol. The molecule has 0 aliphatic heterocycles. The van der Waals surface area contributed by atoms with Crippen LogP contribution in [-0.4, -0.2) is 17.7 Å². The summed E-state index contributed by atoms with van der Waals surface area (Å²) in [4.78, 5) is 12.8. The van der Waals surface area contributed by atoms with Gasteiger partial charge in [-0.3, -0.25) is 4.90 Å². The summed E-state index contributed by atoms with van der Waals surface area (Å²) in [6, 6.07) is 8.06. The van der Waals surface area contributed by atoms with E-state index in [0.29, 0.717) is 6.54 Å². The lowest BCUT2D eigenvalue weighted by Crippen LogP contribution is -2.29. The Labute approximate surface area is 111 Å². The fraction of sp³-hybridized carbons (Fsp3) is 0.357. The molecule has 1 amide bonds. The summed E-state index contributed by atoms with van der Waals surface area (Å²) in [7, 11) is 0. The van der Waals surface area contributed by atoms with Crippen molar-refractivity contribution in [2.45, 2.75) is 26.7 Å². The highest BCUT2D eigenvalue weighted by molar-refractivity contribution is 7.23. The normalized spacial score (nSPS) is 10.8. The molecule has 0 radical (unpaired) electrons. The average molecular weight is 263 g/mol. The number of amides is 1. The predicted molar refractivity (Wildman–Crippen MR) is 76.8 cm³/mol. The molecule has 0 atom stereocenters. The molecule has 1 aromatic carbocycles. The summed E-state index contributed by atoms with van der Waals surface area (Å²) in [6.45, 7) is 4.63. The van der Waals surface area contributed by atoms with Crippen LogP contribution in [0.5, 0.6) is 0 Å². The summed E-state index contributed by atoms with van der Waals surface area (Å²) in [6.07, 6.45) is 1.02. The lowest BCUT2D eigenvalue weighted by molar-refractivity contribution is 0.202. The zero-order valence-corrected chi connectivity index (χ0v) is 11.5. The van der Waals surface area contributed by atoms with Crippen molar-refractivity contribution in [3.63, 3.8) is 0 Å². The average Bonchev–Trinajstić information content (AvgIpc) is 2.68. The van der Waals surface area contributed by atoms with Crippen LogP contribution >= 0.6 is 11.3 Å². The van der Waals surface area contributed by atoms with Gasteiger partial charge >= 0.3 is 6.09 Å². The molecular weight excluding hydrogens is 246 g/mol. The van der Waals surface area contributed by atoms with Crippen LogP contribution in [0.2, 0.25) is 0 Å². The second kappa shape index (κ2) is 5.40. The number of carboxylic acid groups (broad SMARTS) is 1. The number of nitrogens with zero attached hydrogens (tertiary/aromatic N) is 1. The van der Waals surface area contributed by atoms with Gasteiger partial charge in [0.25, 0.3) is 0 Å². The second-order valence-corrected chi connectivity index (χ2v) is 5.35. The Kier molecular flexibility index (Phi) is 3.87. The molecule has 0 saturated heterocycles. The van der Waals surface area contributed by atoms with E-state index in [4.69, 9.17) is 0 Å². The van der Waals surface area contributed by atoms with E-state index in [9.17, 15) is 9.90 Å². The number of aryl methyl sites for hydroxylation is 1. The number of rotatable bonds is 4. The number of carbonyl (C=O) groups is 1. The van der Waals surface area contributed by atoms with Crippen LogP contribution in [0.4, 0.5) is 9.80 Å². The van der Waals surface area contributed by atoms with E-state index in [1.165, 1.54) is 4.90 Å². The van der Waals surface area contributed by atoms with Crippen molar-refractivity contribution < 1.29 is 9.90 Å². The Balaban J connectivity index is 2.44. The van der Waals surface area contributed by atoms with Crippen LogP contribution in [0.1, 0.15) is 25.3 Å². The largest absolute Gasteiger partial charge is 0.465 e. The third kappa shape index (κ3) is 2.34. The molecule has 18 heavy (non-hydrogen) atoms. The fourth-order valence-corrected chi connectivity index (χ4v) is 3.25. The molecule has 1 aromatic heterocycles. The van der Waals surface area contributed by atoms with Crippen LogP contribution in [0.3, 0.4) is 0 Å². The van der Waals surface area contributed by atoms with Crippen LogP contribution in [0.15, 0.2) is 24.3 Å². The maximum atomic E-state index is 11.4. The van der Waals surface area contributed by atoms with Gasteiger partial charge in [0.1, 0.15) is 5.00 Å². The molecule has 3 nitrogen and oxygen atoms in total. The number of thiophene rings is 1. The van der Waals surface area contributed by atoms with E-state index in [-0.39, 0.29) is 0 Å². The summed E-state index contributed by atoms with van der Waals surface area (Å²) in [5.41, 5.74) is 1.06. The van der Waals surface area contributed by atoms with Crippen LogP contribution < -0.4 is 4.90 Å². The quantitative estimate of drug-likeness (QED) is 0.882. The number of anilines is 1. The van der Waals surface area contributed by atoms with Gasteiger partial charge in [-0.15, -0.1) is 11.3 Å². The second-order valence-electron chi connectivity index (χ2n) is 4.32. The SMILES string of the molecule is CCCCN(C(=O)O)c1sc2ccccc2c1C. The molecule has 4 heteroatoms. The molecule has 0 aliphatic rings. The molecule has 0 unspecified atom stereocenters. The van der Waals surface area contributed by atoms with Gasteiger partial charge in [-0.05, 0) is 30.4 Å². The Morgan fingerprint density at radius 1 is 1.39 bits per heavy atom. The highest BCUT2D eigenvalue weighted by Crippen LogP contribution is 2.37. The highest BCUT2D eigenvalue weighted by Gasteiger charge is 2.19. The Bertz CT molecular complexity index is 562. The van der Waals surface area contributed by atoms with Crippen molar-refractivity contribution in [3.8, 4) is 0 Å². The molecule has 2 aromatic rings. The Morgan fingerprint density at radius 2 is 2.11 bits per heavy atom. The van der Waals surface area contributed by atoms with Gasteiger partial charge < -0.3 is 5.11 Å². The molecule has 2 rings (SSSR count). The van der Waals surface area contributed by atoms with Crippen LogP contribution in [-0.2, 0) is 0 Å². The van der Waals surface area contributed by atoms with Crippen molar-refractivity contribution in [1.82, 2.24) is 0 Å². The topological polar surface area (TPSA) is 40.5 Å². The van der Waals surface area contributed by atoms with E-state index in [1.54, 1.807) is 11.3 Å². The van der Waals surface area contributed by atoms with Crippen molar-refractivity contribution in [2.24, 2.45) is 0 Å². The zero-order chi connectivity index (χ0) is 13.1. The van der Waals surface area contributed by atoms with E-state index in [1.807, 2.05) is 31.2 Å². The van der Waals surface area contributed by atoms with Crippen LogP contribution in [0, 0.1) is 6.92 Å². The first-order valence-electron chi connectivity index (χ1n) is 6.13. The maximum absolute atomic E-state index is 11.4. The molecule has 0 saturated carbocycles. The minimum atomic E-state index is -0.863. The lowest BCUT2D eigenvalue weighted by atomic mass is 10.2. The first-order valence-corrected chi connectivity index (χ1v) is 6.95. The van der Waals surface area contributed by atoms with E-state index in [2.05, 4.69) is 6.92 Å². The van der Waals surface area contributed by atoms with Gasteiger partial charge in [-0.1, -0.05) is 31.5 Å². The zero-order valence-electron chi connectivity index (χ0n) is 10.6. The molecule has 0 bridgehead atoms. The number of hydrogen-bond donors (Lipinski definition) is 1. The Hall–Kier alpha value is -1.55. The van der Waals surface area contributed by atoms with E-state index in [0.717, 1.165) is 33.5 Å². The first kappa shape index (κ1) is 12.9. The van der Waals surface area contributed by atoms with Gasteiger partial charge in [0.05, 0.1) is 0 Å². The van der Waals surface area contributed by atoms with Crippen molar-refractivity contribution in [2.75, 3.05) is 11.4 Å². The molecule has 1 N–H and O–H groups in total. The van der Waals surface area contributed by atoms with Gasteiger partial charge in [0, 0.05) is 11.2 Å². The van der Waals surface area contributed by atoms with E-state index >= 15 is 0 Å². The molecule has 96 valence electrons. The van der Waals surface area contributed by atoms with Crippen molar-refractivity contribution >= 4 is 32.5 Å². The summed E-state index contributed by atoms with van der Waals surface area (Å²) in [5.74, 6) is 0. The maximum Gasteiger partial charge on any atom is 0.412 e. The van der Waals surface area contributed by atoms with Gasteiger partial charge in [-0.25, -0.2) is 4.79 Å². The van der Waals surface area contributed by atoms with Gasteiger partial charge in [0.15, 0.2) is 0 Å². The smallest absolute Gasteiger partial charge is 0.412 e. The number of fused-ring (bicyclic) bond motifs is 1. The highest BCUT2D eigenvalue weighted by atomic mass is 32.1. The molecular formula is C14H17NO2S. The summed E-state index contributed by atoms with van der Waals surface area (Å²) < 4.78 is 1.15. The standard InChI is InChI=1S/C14H17NO2S/c1-3-4-9-15(14(16)17)13-10(2)11-7-5-6-8-12(11)18-13/h5-8H,3-4,9H2,1-2H3,(H,16,17). The Morgan fingerprint density at radius 3 is 2.72 bits per heavy atom. The third-order valence-corrected chi connectivity index (χ3v) is 4.33. The number of hydrogen-bond acceptors (Lipinski definition) is 2. The molecule has 0 aliphatic carbocycles. The lowest BCUT2D eigenvalue weighted by Gasteiger charge is -2.17. The van der Waals surface area contributed by atoms with Gasteiger partial charge in [-0.2, -0.15) is 0 Å². The van der Waals surface area contributed by atoms with Crippen LogP contribution in [0.25, 0.3) is 10.1 Å². The number of unbranched alkanes of at least 4 members (excludes halogenated alkanes) is 1. The number of benzene rings is 1.